The first-order chi connectivity index (χ1) is 18.2. The van der Waals surface area contributed by atoms with E-state index < -0.39 is 0 Å². The molecule has 2 atom stereocenters. The van der Waals surface area contributed by atoms with E-state index in [1.807, 2.05) is 0 Å². The fourth-order valence-corrected chi connectivity index (χ4v) is 8.59. The van der Waals surface area contributed by atoms with Gasteiger partial charge in [-0.3, -0.25) is 0 Å². The average molecular weight is 489 g/mol. The van der Waals surface area contributed by atoms with E-state index in [2.05, 4.69) is 103 Å². The highest BCUT2D eigenvalue weighted by molar-refractivity contribution is 5.84. The van der Waals surface area contributed by atoms with Gasteiger partial charge in [0.1, 0.15) is 6.17 Å². The maximum Gasteiger partial charge on any atom is 0.110 e. The topological polar surface area (TPSA) is 6.48 Å². The van der Waals surface area contributed by atoms with Crippen molar-refractivity contribution in [1.82, 2.24) is 4.90 Å². The number of rotatable bonds is 4. The zero-order valence-corrected chi connectivity index (χ0v) is 22.5. The minimum atomic E-state index is -0.107. The van der Waals surface area contributed by atoms with Crippen molar-refractivity contribution in [2.75, 3.05) is 4.90 Å². The Labute approximate surface area is 223 Å². The van der Waals surface area contributed by atoms with E-state index in [1.165, 1.54) is 91.6 Å². The van der Waals surface area contributed by atoms with Crippen LogP contribution >= 0.6 is 0 Å². The molecular formula is C35H40N2. The Morgan fingerprint density at radius 1 is 0.676 bits per heavy atom. The summed E-state index contributed by atoms with van der Waals surface area (Å²) in [5.74, 6) is 1.30. The molecule has 0 amide bonds. The monoisotopic (exact) mass is 488 g/mol. The summed E-state index contributed by atoms with van der Waals surface area (Å²) in [6.07, 6.45) is 12.4. The normalized spacial score (nSPS) is 26.2. The molecule has 2 aliphatic heterocycles. The zero-order chi connectivity index (χ0) is 25.0. The van der Waals surface area contributed by atoms with Crippen LogP contribution in [0.5, 0.6) is 0 Å². The standard InChI is InChI=1S/C35H40N2/c1-25-15-9-14-24-32(25)36-26(2)33-30-22-12-13-23-31(30)35(29-20-10-11-21-29,28-18-7-4-8-19-28)37(33)34(36)27-16-5-3-6-17-27/h4,7-9,12-15,18-19,22-24,27,29,34H,3,5-6,10-11,16-17,20-21H2,1-2H3. The summed E-state index contributed by atoms with van der Waals surface area (Å²) in [6.45, 7) is 4.70. The number of fused-ring (bicyclic) bond motifs is 3. The Morgan fingerprint density at radius 3 is 2.08 bits per heavy atom. The van der Waals surface area contributed by atoms with Gasteiger partial charge in [0.25, 0.3) is 0 Å². The molecule has 3 aromatic carbocycles. The summed E-state index contributed by atoms with van der Waals surface area (Å²) >= 11 is 0. The van der Waals surface area contributed by atoms with Gasteiger partial charge in [0, 0.05) is 16.9 Å². The smallest absolute Gasteiger partial charge is 0.110 e. The minimum Gasteiger partial charge on any atom is -0.334 e. The number of aryl methyl sites for hydroxylation is 1. The van der Waals surface area contributed by atoms with Gasteiger partial charge < -0.3 is 9.80 Å². The molecule has 0 spiro atoms. The van der Waals surface area contributed by atoms with Crippen LogP contribution in [0.15, 0.2) is 84.6 Å². The van der Waals surface area contributed by atoms with Crippen LogP contribution in [-0.4, -0.2) is 11.1 Å². The lowest BCUT2D eigenvalue weighted by Crippen LogP contribution is -2.56. The summed E-state index contributed by atoms with van der Waals surface area (Å²) in [6, 6.07) is 30.1. The number of hydrogen-bond acceptors (Lipinski definition) is 2. The molecule has 2 heterocycles. The van der Waals surface area contributed by atoms with E-state index in [-0.39, 0.29) is 5.54 Å². The van der Waals surface area contributed by atoms with Crippen LogP contribution in [0.25, 0.3) is 5.70 Å². The van der Waals surface area contributed by atoms with Crippen LogP contribution in [0.3, 0.4) is 0 Å². The third-order valence-corrected chi connectivity index (χ3v) is 10.1. The fraction of sp³-hybridized carbons (Fsp3) is 0.429. The Morgan fingerprint density at radius 2 is 1.32 bits per heavy atom. The molecular weight excluding hydrogens is 448 g/mol. The second kappa shape index (κ2) is 9.08. The molecule has 190 valence electrons. The van der Waals surface area contributed by atoms with Crippen molar-refractivity contribution in [2.45, 2.75) is 83.3 Å². The Hall–Kier alpha value is -3.00. The second-order valence-corrected chi connectivity index (χ2v) is 11.9. The SMILES string of the molecule is CC1=C2c3ccccc3C(c3ccccc3)(C3CCCC3)N2C(C2CCCCC2)N1c1ccccc1C. The summed E-state index contributed by atoms with van der Waals surface area (Å²) < 4.78 is 0. The number of para-hydroxylation sites is 1. The fourth-order valence-electron chi connectivity index (χ4n) is 8.59. The zero-order valence-electron chi connectivity index (χ0n) is 22.5. The third kappa shape index (κ3) is 3.30. The molecule has 37 heavy (non-hydrogen) atoms. The summed E-state index contributed by atoms with van der Waals surface area (Å²) in [4.78, 5) is 5.75. The van der Waals surface area contributed by atoms with Crippen LogP contribution in [0.2, 0.25) is 0 Å². The lowest BCUT2D eigenvalue weighted by atomic mass is 9.71. The molecule has 2 fully saturated rings. The number of hydrogen-bond donors (Lipinski definition) is 0. The highest BCUT2D eigenvalue weighted by Crippen LogP contribution is 2.63. The molecule has 0 saturated heterocycles. The predicted octanol–water partition coefficient (Wildman–Crippen LogP) is 8.86. The van der Waals surface area contributed by atoms with E-state index in [4.69, 9.17) is 0 Å². The van der Waals surface area contributed by atoms with E-state index >= 15 is 0 Å². The van der Waals surface area contributed by atoms with E-state index in [0.717, 1.165) is 0 Å². The maximum absolute atomic E-state index is 2.99. The summed E-state index contributed by atoms with van der Waals surface area (Å²) in [5, 5.41) is 0. The lowest BCUT2D eigenvalue weighted by Gasteiger charge is -2.51. The summed E-state index contributed by atoms with van der Waals surface area (Å²) in [5.41, 5.74) is 10.1. The van der Waals surface area contributed by atoms with Crippen LogP contribution in [0, 0.1) is 18.8 Å². The largest absolute Gasteiger partial charge is 0.334 e. The van der Waals surface area contributed by atoms with Crippen LogP contribution in [0.4, 0.5) is 5.69 Å². The predicted molar refractivity (Wildman–Crippen MR) is 154 cm³/mol. The number of benzene rings is 3. The molecule has 3 aromatic rings. The first-order valence-corrected chi connectivity index (χ1v) is 14.7. The quantitative estimate of drug-likeness (QED) is 0.362. The minimum absolute atomic E-state index is 0.107. The van der Waals surface area contributed by atoms with Crippen LogP contribution in [-0.2, 0) is 5.54 Å². The van der Waals surface area contributed by atoms with Crippen molar-refractivity contribution in [3.63, 3.8) is 0 Å². The average Bonchev–Trinajstić information content (AvgIpc) is 3.65. The molecule has 2 nitrogen and oxygen atoms in total. The third-order valence-electron chi connectivity index (χ3n) is 10.1. The van der Waals surface area contributed by atoms with Gasteiger partial charge >= 0.3 is 0 Å². The number of anilines is 1. The Kier molecular flexibility index (Phi) is 5.68. The van der Waals surface area contributed by atoms with Crippen LogP contribution < -0.4 is 4.90 Å². The molecule has 0 N–H and O–H groups in total. The molecule has 0 bridgehead atoms. The molecule has 4 aliphatic rings. The maximum atomic E-state index is 2.99. The lowest BCUT2D eigenvalue weighted by molar-refractivity contribution is 0.0668. The molecule has 2 saturated carbocycles. The van der Waals surface area contributed by atoms with Gasteiger partial charge in [-0.25, -0.2) is 0 Å². The van der Waals surface area contributed by atoms with Gasteiger partial charge in [-0.15, -0.1) is 0 Å². The van der Waals surface area contributed by atoms with Crippen molar-refractivity contribution in [2.24, 2.45) is 11.8 Å². The highest BCUT2D eigenvalue weighted by atomic mass is 15.5. The van der Waals surface area contributed by atoms with Gasteiger partial charge in [0.2, 0.25) is 0 Å². The summed E-state index contributed by atoms with van der Waals surface area (Å²) in [7, 11) is 0. The second-order valence-electron chi connectivity index (χ2n) is 11.9. The van der Waals surface area contributed by atoms with E-state index in [1.54, 1.807) is 5.56 Å². The molecule has 2 unspecified atom stereocenters. The van der Waals surface area contributed by atoms with Crippen molar-refractivity contribution in [3.8, 4) is 0 Å². The van der Waals surface area contributed by atoms with Gasteiger partial charge in [-0.1, -0.05) is 105 Å². The molecule has 2 heteroatoms. The number of allylic oxidation sites excluding steroid dienone is 1. The van der Waals surface area contributed by atoms with Crippen molar-refractivity contribution < 1.29 is 0 Å². The Balaban J connectivity index is 1.54. The first-order valence-electron chi connectivity index (χ1n) is 14.7. The molecule has 7 rings (SSSR count). The first kappa shape index (κ1) is 23.1. The van der Waals surface area contributed by atoms with Crippen molar-refractivity contribution in [1.29, 1.82) is 0 Å². The highest BCUT2D eigenvalue weighted by Gasteiger charge is 2.61. The van der Waals surface area contributed by atoms with Gasteiger partial charge in [0.05, 0.1) is 11.2 Å². The van der Waals surface area contributed by atoms with Crippen molar-refractivity contribution >= 4 is 11.4 Å². The Bertz CT molecular complexity index is 1310. The van der Waals surface area contributed by atoms with Crippen LogP contribution in [0.1, 0.15) is 87.0 Å². The number of nitrogens with zero attached hydrogens (tertiary/aromatic N) is 2. The van der Waals surface area contributed by atoms with E-state index in [0.29, 0.717) is 18.0 Å². The van der Waals surface area contributed by atoms with Gasteiger partial charge in [-0.05, 0) is 74.1 Å². The van der Waals surface area contributed by atoms with Gasteiger partial charge in [0.15, 0.2) is 0 Å². The van der Waals surface area contributed by atoms with Gasteiger partial charge in [-0.2, -0.15) is 0 Å². The molecule has 2 aliphatic carbocycles. The van der Waals surface area contributed by atoms with Crippen molar-refractivity contribution in [3.05, 3.63) is 107 Å². The molecule has 0 aromatic heterocycles. The van der Waals surface area contributed by atoms with E-state index in [9.17, 15) is 0 Å². The molecule has 0 radical (unpaired) electrons.